The minimum absolute atomic E-state index is 0.0532. The molecule has 2 heterocycles. The molecule has 5 N–H and O–H groups in total. The summed E-state index contributed by atoms with van der Waals surface area (Å²) in [5.74, 6) is 0.753. The number of nitrogen functional groups attached to an aromatic ring is 1. The Bertz CT molecular complexity index is 621. The number of aromatic amines is 1. The second kappa shape index (κ2) is 4.52. The molecule has 0 aliphatic carbocycles. The lowest BCUT2D eigenvalue weighted by Crippen LogP contribution is -1.99. The van der Waals surface area contributed by atoms with Crippen LogP contribution in [0.4, 0.5) is 5.82 Å². The van der Waals surface area contributed by atoms with Gasteiger partial charge in [0.15, 0.2) is 17.8 Å². The van der Waals surface area contributed by atoms with E-state index in [1.165, 1.54) is 0 Å². The summed E-state index contributed by atoms with van der Waals surface area (Å²) < 4.78 is 15.5. The molecule has 2 aromatic heterocycles. The molecule has 0 amide bonds. The number of aromatic nitrogens is 4. The van der Waals surface area contributed by atoms with Crippen LogP contribution < -0.4 is 10.5 Å². The molecule has 0 unspecified atom stereocenters. The van der Waals surface area contributed by atoms with Crippen LogP contribution in [0, 0.1) is 0 Å². The van der Waals surface area contributed by atoms with Crippen LogP contribution in [-0.4, -0.2) is 36.1 Å². The number of H-pyrrole nitrogens is 1. The minimum atomic E-state index is -4.25. The highest BCUT2D eigenvalue weighted by Gasteiger charge is 2.16. The van der Waals surface area contributed by atoms with Crippen molar-refractivity contribution in [1.82, 2.24) is 19.9 Å². The normalized spacial score (nSPS) is 11.9. The molecule has 0 bridgehead atoms. The van der Waals surface area contributed by atoms with Crippen molar-refractivity contribution in [1.29, 1.82) is 0 Å². The van der Waals surface area contributed by atoms with Gasteiger partial charge < -0.3 is 25.2 Å². The number of fused-ring (bicyclic) bond motifs is 1. The van der Waals surface area contributed by atoms with E-state index in [0.29, 0.717) is 23.4 Å². The van der Waals surface area contributed by atoms with Gasteiger partial charge in [-0.25, -0.2) is 9.97 Å². The van der Waals surface area contributed by atoms with Crippen molar-refractivity contribution >= 4 is 24.6 Å². The summed E-state index contributed by atoms with van der Waals surface area (Å²) in [5.41, 5.74) is 6.38. The Labute approximate surface area is 102 Å². The van der Waals surface area contributed by atoms with Gasteiger partial charge in [0.25, 0.3) is 6.01 Å². The molecule has 0 radical (unpaired) electrons. The van der Waals surface area contributed by atoms with Crippen molar-refractivity contribution in [2.75, 3.05) is 12.1 Å². The minimum Gasteiger partial charge on any atom is -0.452 e. The van der Waals surface area contributed by atoms with Gasteiger partial charge in [-0.2, -0.15) is 4.98 Å². The fourth-order valence-corrected chi connectivity index (χ4v) is 1.61. The van der Waals surface area contributed by atoms with Gasteiger partial charge in [0.2, 0.25) is 0 Å². The first-order chi connectivity index (χ1) is 8.39. The molecule has 0 aliphatic heterocycles. The molecule has 0 aromatic carbocycles. The molecule has 9 nitrogen and oxygen atoms in total. The van der Waals surface area contributed by atoms with E-state index in [2.05, 4.69) is 19.9 Å². The maximum atomic E-state index is 10.7. The lowest BCUT2D eigenvalue weighted by molar-refractivity contribution is 0.289. The van der Waals surface area contributed by atoms with Crippen LogP contribution in [-0.2, 0) is 11.0 Å². The summed E-state index contributed by atoms with van der Waals surface area (Å²) in [4.78, 5) is 32.1. The molecular weight excluding hydrogens is 261 g/mol. The lowest BCUT2D eigenvalue weighted by atomic mass is 10.4. The standard InChI is InChI=1S/C8H12N5O4P/c1-2-4-10-6(9)5-7(11-4)13-8(12-5)17-3-18(14,15)16/h2-3H2,1H3,(H2,14,15,16)(H3,9,10,11,12,13). The first-order valence-electron chi connectivity index (χ1n) is 5.08. The third-order valence-electron chi connectivity index (χ3n) is 2.09. The zero-order valence-electron chi connectivity index (χ0n) is 9.49. The number of anilines is 1. The molecule has 10 heteroatoms. The molecule has 0 saturated heterocycles. The summed E-state index contributed by atoms with van der Waals surface area (Å²) in [7, 11) is -4.25. The van der Waals surface area contributed by atoms with Gasteiger partial charge in [-0.3, -0.25) is 4.57 Å². The predicted molar refractivity (Wildman–Crippen MR) is 63.0 cm³/mol. The zero-order valence-corrected chi connectivity index (χ0v) is 10.4. The van der Waals surface area contributed by atoms with E-state index in [-0.39, 0.29) is 11.8 Å². The Hall–Kier alpha value is -1.70. The highest BCUT2D eigenvalue weighted by Crippen LogP contribution is 2.34. The van der Waals surface area contributed by atoms with E-state index in [1.54, 1.807) is 0 Å². The van der Waals surface area contributed by atoms with Crippen LogP contribution >= 0.6 is 7.60 Å². The Morgan fingerprint density at radius 1 is 1.39 bits per heavy atom. The number of hydrogen-bond donors (Lipinski definition) is 4. The van der Waals surface area contributed by atoms with E-state index in [1.807, 2.05) is 6.92 Å². The third kappa shape index (κ3) is 2.76. The highest BCUT2D eigenvalue weighted by molar-refractivity contribution is 7.51. The molecule has 0 atom stereocenters. The lowest BCUT2D eigenvalue weighted by Gasteiger charge is -2.02. The maximum absolute atomic E-state index is 10.7. The van der Waals surface area contributed by atoms with Crippen LogP contribution in [0.2, 0.25) is 0 Å². The second-order valence-corrected chi connectivity index (χ2v) is 5.14. The van der Waals surface area contributed by atoms with Gasteiger partial charge in [-0.05, 0) is 0 Å². The Balaban J connectivity index is 2.32. The monoisotopic (exact) mass is 273 g/mol. The first-order valence-corrected chi connectivity index (χ1v) is 6.88. The molecule has 2 rings (SSSR count). The number of rotatable bonds is 4. The van der Waals surface area contributed by atoms with Gasteiger partial charge in [0, 0.05) is 6.42 Å². The number of hydrogen-bond acceptors (Lipinski definition) is 6. The van der Waals surface area contributed by atoms with Crippen molar-refractivity contribution in [2.45, 2.75) is 13.3 Å². The topological polar surface area (TPSA) is 147 Å². The molecule has 18 heavy (non-hydrogen) atoms. The van der Waals surface area contributed by atoms with E-state index in [9.17, 15) is 4.57 Å². The molecule has 0 aliphatic rings. The number of aryl methyl sites for hydroxylation is 1. The molecule has 98 valence electrons. The van der Waals surface area contributed by atoms with Gasteiger partial charge in [0.1, 0.15) is 11.3 Å². The zero-order chi connectivity index (χ0) is 13.3. The van der Waals surface area contributed by atoms with Gasteiger partial charge >= 0.3 is 7.60 Å². The van der Waals surface area contributed by atoms with E-state index >= 15 is 0 Å². The quantitative estimate of drug-likeness (QED) is 0.569. The maximum Gasteiger partial charge on any atom is 0.362 e. The summed E-state index contributed by atoms with van der Waals surface area (Å²) in [5, 5.41) is 0. The summed E-state index contributed by atoms with van der Waals surface area (Å²) in [6, 6.07) is -0.0532. The van der Waals surface area contributed by atoms with Crippen LogP contribution in [0.25, 0.3) is 11.2 Å². The van der Waals surface area contributed by atoms with Crippen molar-refractivity contribution in [3.05, 3.63) is 5.82 Å². The second-order valence-electron chi connectivity index (χ2n) is 3.56. The fourth-order valence-electron chi connectivity index (χ4n) is 1.32. The third-order valence-corrected chi connectivity index (χ3v) is 2.55. The Morgan fingerprint density at radius 2 is 2.11 bits per heavy atom. The molecule has 0 fully saturated rings. The first kappa shape index (κ1) is 12.7. The van der Waals surface area contributed by atoms with Crippen molar-refractivity contribution < 1.29 is 19.1 Å². The number of nitrogens with zero attached hydrogens (tertiary/aromatic N) is 3. The summed E-state index contributed by atoms with van der Waals surface area (Å²) in [6.07, 6.45) is -0.160. The van der Waals surface area contributed by atoms with E-state index in [4.69, 9.17) is 20.3 Å². The number of imidazole rings is 1. The highest BCUT2D eigenvalue weighted by atomic mass is 31.2. The van der Waals surface area contributed by atoms with E-state index < -0.39 is 13.9 Å². The molecule has 0 spiro atoms. The van der Waals surface area contributed by atoms with Crippen molar-refractivity contribution in [3.63, 3.8) is 0 Å². The number of nitrogens with two attached hydrogens (primary N) is 1. The van der Waals surface area contributed by atoms with E-state index in [0.717, 1.165) is 0 Å². The number of nitrogens with one attached hydrogen (secondary N) is 1. The van der Waals surface area contributed by atoms with Gasteiger partial charge in [0.05, 0.1) is 0 Å². The van der Waals surface area contributed by atoms with Crippen LogP contribution in [0.15, 0.2) is 0 Å². The SMILES string of the molecule is CCc1nc(N)c2[nH]c(OCP(=O)(O)O)nc2n1. The summed E-state index contributed by atoms with van der Waals surface area (Å²) >= 11 is 0. The van der Waals surface area contributed by atoms with Crippen LogP contribution in [0.1, 0.15) is 12.7 Å². The van der Waals surface area contributed by atoms with Gasteiger partial charge in [-0.15, -0.1) is 0 Å². The van der Waals surface area contributed by atoms with Gasteiger partial charge in [-0.1, -0.05) is 6.92 Å². The molecular formula is C8H12N5O4P. The molecule has 2 aromatic rings. The average Bonchev–Trinajstić information content (AvgIpc) is 2.69. The summed E-state index contributed by atoms with van der Waals surface area (Å²) in [6.45, 7) is 1.87. The fraction of sp³-hybridized carbons (Fsp3) is 0.375. The van der Waals surface area contributed by atoms with Crippen molar-refractivity contribution in [3.8, 4) is 6.01 Å². The Kier molecular flexibility index (Phi) is 3.20. The molecule has 0 saturated carbocycles. The Morgan fingerprint density at radius 3 is 2.72 bits per heavy atom. The van der Waals surface area contributed by atoms with Crippen molar-refractivity contribution in [2.24, 2.45) is 0 Å². The predicted octanol–water partition coefficient (Wildman–Crippen LogP) is 0.0115. The van der Waals surface area contributed by atoms with Crippen LogP contribution in [0.5, 0.6) is 6.01 Å². The average molecular weight is 273 g/mol. The van der Waals surface area contributed by atoms with Crippen LogP contribution in [0.3, 0.4) is 0 Å². The smallest absolute Gasteiger partial charge is 0.362 e. The number of ether oxygens (including phenoxy) is 1. The largest absolute Gasteiger partial charge is 0.452 e.